The van der Waals surface area contributed by atoms with E-state index in [1.54, 1.807) is 24.3 Å². The van der Waals surface area contributed by atoms with Gasteiger partial charge in [0, 0.05) is 18.0 Å². The van der Waals surface area contributed by atoms with Gasteiger partial charge in [-0.15, -0.1) is 12.4 Å². The lowest BCUT2D eigenvalue weighted by Crippen LogP contribution is -2.36. The monoisotopic (exact) mass is 519 g/mol. The number of ether oxygens (including phenoxy) is 3. The third-order valence-corrected chi connectivity index (χ3v) is 5.97. The molecule has 1 heterocycles. The van der Waals surface area contributed by atoms with Gasteiger partial charge >= 0.3 is 5.97 Å². The van der Waals surface area contributed by atoms with Crippen molar-refractivity contribution in [1.29, 1.82) is 0 Å². The van der Waals surface area contributed by atoms with E-state index >= 15 is 0 Å². The molecule has 0 bridgehead atoms. The molecule has 3 aromatic rings. The fourth-order valence-corrected chi connectivity index (χ4v) is 4.28. The zero-order valence-corrected chi connectivity index (χ0v) is 20.5. The van der Waals surface area contributed by atoms with Gasteiger partial charge in [-0.2, -0.15) is 0 Å². The molecular formula is C27H28ClF2NO5. The molecule has 6 nitrogen and oxygen atoms in total. The molecule has 0 fully saturated rings. The molecule has 0 radical (unpaired) electrons. The Morgan fingerprint density at radius 3 is 2.61 bits per heavy atom. The lowest BCUT2D eigenvalue weighted by atomic mass is 9.84. The molecule has 192 valence electrons. The van der Waals surface area contributed by atoms with Gasteiger partial charge in [-0.25, -0.2) is 13.6 Å². The summed E-state index contributed by atoms with van der Waals surface area (Å²) in [6.45, 7) is 0.647. The Morgan fingerprint density at radius 2 is 1.83 bits per heavy atom. The van der Waals surface area contributed by atoms with Gasteiger partial charge in [-0.1, -0.05) is 30.3 Å². The minimum absolute atomic E-state index is 0. The van der Waals surface area contributed by atoms with Gasteiger partial charge in [0.25, 0.3) is 0 Å². The Bertz CT molecular complexity index is 1190. The highest BCUT2D eigenvalue weighted by atomic mass is 35.5. The molecule has 1 aliphatic heterocycles. The van der Waals surface area contributed by atoms with Crippen LogP contribution >= 0.6 is 12.4 Å². The van der Waals surface area contributed by atoms with Crippen LogP contribution in [0.25, 0.3) is 0 Å². The molecule has 36 heavy (non-hydrogen) atoms. The summed E-state index contributed by atoms with van der Waals surface area (Å²) in [5, 5.41) is 12.3. The van der Waals surface area contributed by atoms with Crippen molar-refractivity contribution in [3.63, 3.8) is 0 Å². The van der Waals surface area contributed by atoms with Gasteiger partial charge in [0.15, 0.2) is 29.7 Å². The Morgan fingerprint density at radius 1 is 1.08 bits per heavy atom. The Balaban J connectivity index is 0.00000361. The fraction of sp³-hybridized carbons (Fsp3) is 0.296. The zero-order valence-electron chi connectivity index (χ0n) is 19.7. The number of para-hydroxylation sites is 1. The van der Waals surface area contributed by atoms with Crippen LogP contribution < -0.4 is 19.5 Å². The average Bonchev–Trinajstić information content (AvgIpc) is 2.86. The van der Waals surface area contributed by atoms with Crippen LogP contribution in [0.4, 0.5) is 8.78 Å². The summed E-state index contributed by atoms with van der Waals surface area (Å²) < 4.78 is 44.2. The SMILES string of the molecule is COc1cc(CCNC[C@H]2CC(c3ccc(F)c(OCC(=O)O)c3)c3ccccc3O2)ccc1F.Cl. The number of halogens is 3. The normalized spacial score (nSPS) is 16.3. The van der Waals surface area contributed by atoms with E-state index in [2.05, 4.69) is 5.32 Å². The first kappa shape index (κ1) is 27.2. The quantitative estimate of drug-likeness (QED) is 0.368. The molecule has 0 amide bonds. The standard InChI is InChI=1S/C27H27F2NO5.ClH/c1-33-25-12-17(6-8-22(25)28)10-11-30-15-19-14-21(20-4-2-3-5-24(20)35-19)18-7-9-23(29)26(13-18)34-16-27(31)32;/h2-9,12-13,19,21,30H,10-11,14-16H2,1H3,(H,31,32);1H/t19-,21?;/m1./s1. The van der Waals surface area contributed by atoms with Crippen LogP contribution in [0, 0.1) is 11.6 Å². The highest BCUT2D eigenvalue weighted by Crippen LogP contribution is 2.41. The number of benzene rings is 3. The van der Waals surface area contributed by atoms with Gasteiger partial charge in [-0.05, 0) is 60.8 Å². The zero-order chi connectivity index (χ0) is 24.8. The molecule has 0 saturated carbocycles. The van der Waals surface area contributed by atoms with E-state index in [1.165, 1.54) is 19.2 Å². The predicted molar refractivity (Wildman–Crippen MR) is 134 cm³/mol. The summed E-state index contributed by atoms with van der Waals surface area (Å²) in [6, 6.07) is 17.1. The highest BCUT2D eigenvalue weighted by Gasteiger charge is 2.29. The van der Waals surface area contributed by atoms with Crippen LogP contribution in [0.2, 0.25) is 0 Å². The minimum atomic E-state index is -1.17. The second-order valence-electron chi connectivity index (χ2n) is 8.36. The third kappa shape index (κ3) is 6.65. The summed E-state index contributed by atoms with van der Waals surface area (Å²) >= 11 is 0. The number of fused-ring (bicyclic) bond motifs is 1. The number of hydrogen-bond acceptors (Lipinski definition) is 5. The number of rotatable bonds is 10. The van der Waals surface area contributed by atoms with Gasteiger partial charge in [0.05, 0.1) is 7.11 Å². The minimum Gasteiger partial charge on any atom is -0.494 e. The highest BCUT2D eigenvalue weighted by molar-refractivity contribution is 5.85. The molecule has 0 aromatic heterocycles. The van der Waals surface area contributed by atoms with Crippen molar-refractivity contribution >= 4 is 18.4 Å². The first-order valence-corrected chi connectivity index (χ1v) is 11.4. The predicted octanol–water partition coefficient (Wildman–Crippen LogP) is 4.97. The molecule has 1 unspecified atom stereocenters. The summed E-state index contributed by atoms with van der Waals surface area (Å²) in [5.41, 5.74) is 2.77. The van der Waals surface area contributed by atoms with Crippen LogP contribution in [0.1, 0.15) is 29.0 Å². The third-order valence-electron chi connectivity index (χ3n) is 5.97. The lowest BCUT2D eigenvalue weighted by molar-refractivity contribution is -0.139. The maximum absolute atomic E-state index is 14.2. The molecule has 2 atom stereocenters. The molecule has 9 heteroatoms. The van der Waals surface area contributed by atoms with E-state index in [0.717, 1.165) is 22.4 Å². The van der Waals surface area contributed by atoms with E-state index in [9.17, 15) is 13.6 Å². The molecular weight excluding hydrogens is 492 g/mol. The average molecular weight is 520 g/mol. The maximum atomic E-state index is 14.2. The molecule has 0 aliphatic carbocycles. The van der Waals surface area contributed by atoms with Crippen LogP contribution in [0.15, 0.2) is 60.7 Å². The van der Waals surface area contributed by atoms with E-state index in [0.29, 0.717) is 25.9 Å². The van der Waals surface area contributed by atoms with Gasteiger partial charge in [-0.3, -0.25) is 0 Å². The van der Waals surface area contributed by atoms with Crippen LogP contribution in [0.5, 0.6) is 17.2 Å². The lowest BCUT2D eigenvalue weighted by Gasteiger charge is -2.33. The number of methoxy groups -OCH3 is 1. The first-order valence-electron chi connectivity index (χ1n) is 11.4. The topological polar surface area (TPSA) is 77.0 Å². The largest absolute Gasteiger partial charge is 0.494 e. The smallest absolute Gasteiger partial charge is 0.341 e. The second kappa shape index (κ2) is 12.6. The number of carboxylic acid groups (broad SMARTS) is 1. The van der Waals surface area contributed by atoms with Crippen LogP contribution in [-0.4, -0.2) is 44.0 Å². The van der Waals surface area contributed by atoms with E-state index < -0.39 is 18.4 Å². The van der Waals surface area contributed by atoms with Crippen molar-refractivity contribution in [3.05, 3.63) is 89.0 Å². The number of nitrogens with one attached hydrogen (secondary N) is 1. The van der Waals surface area contributed by atoms with Crippen molar-refractivity contribution in [1.82, 2.24) is 5.32 Å². The fourth-order valence-electron chi connectivity index (χ4n) is 4.28. The van der Waals surface area contributed by atoms with Gasteiger partial charge in [0.1, 0.15) is 11.9 Å². The number of carbonyl (C=O) groups is 1. The summed E-state index contributed by atoms with van der Waals surface area (Å²) in [4.78, 5) is 10.8. The Hall–Kier alpha value is -3.36. The van der Waals surface area contributed by atoms with Crippen LogP contribution in [-0.2, 0) is 11.2 Å². The molecule has 0 saturated heterocycles. The van der Waals surface area contributed by atoms with E-state index in [1.807, 2.05) is 24.3 Å². The van der Waals surface area contributed by atoms with Crippen molar-refractivity contribution in [2.45, 2.75) is 24.9 Å². The Labute approximate surface area is 214 Å². The molecule has 0 spiro atoms. The van der Waals surface area contributed by atoms with Crippen molar-refractivity contribution in [3.8, 4) is 17.2 Å². The maximum Gasteiger partial charge on any atom is 0.341 e. The molecule has 4 rings (SSSR count). The molecule has 2 N–H and O–H groups in total. The van der Waals surface area contributed by atoms with Crippen molar-refractivity contribution in [2.75, 3.05) is 26.8 Å². The molecule has 1 aliphatic rings. The number of aliphatic carboxylic acids is 1. The molecule has 3 aromatic carbocycles. The van der Waals surface area contributed by atoms with Crippen LogP contribution in [0.3, 0.4) is 0 Å². The number of carboxylic acids is 1. The van der Waals surface area contributed by atoms with Gasteiger partial charge < -0.3 is 24.6 Å². The van der Waals surface area contributed by atoms with E-state index in [4.69, 9.17) is 19.3 Å². The summed E-state index contributed by atoms with van der Waals surface area (Å²) in [6.07, 6.45) is 1.22. The van der Waals surface area contributed by atoms with Crippen molar-refractivity contribution in [2.24, 2.45) is 0 Å². The summed E-state index contributed by atoms with van der Waals surface area (Å²) in [5.74, 6) is -1.33. The van der Waals surface area contributed by atoms with Crippen molar-refractivity contribution < 1.29 is 32.9 Å². The first-order chi connectivity index (χ1) is 16.9. The number of hydrogen-bond donors (Lipinski definition) is 2. The Kier molecular flexibility index (Phi) is 9.50. The summed E-state index contributed by atoms with van der Waals surface area (Å²) in [7, 11) is 1.44. The second-order valence-corrected chi connectivity index (χ2v) is 8.36. The van der Waals surface area contributed by atoms with E-state index in [-0.39, 0.29) is 41.7 Å². The van der Waals surface area contributed by atoms with Gasteiger partial charge in [0.2, 0.25) is 0 Å².